The van der Waals surface area contributed by atoms with Crippen LogP contribution in [-0.2, 0) is 0 Å². The van der Waals surface area contributed by atoms with E-state index in [0.29, 0.717) is 10.3 Å². The highest BCUT2D eigenvalue weighted by Crippen LogP contribution is 2.29. The number of hydrogen-bond donors (Lipinski definition) is 0. The van der Waals surface area contributed by atoms with Crippen LogP contribution >= 0.6 is 39.1 Å². The normalized spacial score (nSPS) is 10.3. The standard InChI is InChI=1S/C9H4BrCl2N3/c10-6-7(11)14-9(15-8(6)12)5-2-1-3-13-4-5/h1-4H. The zero-order valence-electron chi connectivity index (χ0n) is 7.28. The van der Waals surface area contributed by atoms with Crippen LogP contribution < -0.4 is 0 Å². The number of rotatable bonds is 1. The van der Waals surface area contributed by atoms with Crippen molar-refractivity contribution in [3.63, 3.8) is 0 Å². The van der Waals surface area contributed by atoms with Crippen LogP contribution in [0.2, 0.25) is 10.3 Å². The summed E-state index contributed by atoms with van der Waals surface area (Å²) in [5.74, 6) is 0.460. The van der Waals surface area contributed by atoms with Crippen molar-refractivity contribution in [1.29, 1.82) is 0 Å². The van der Waals surface area contributed by atoms with E-state index in [1.807, 2.05) is 6.07 Å². The summed E-state index contributed by atoms with van der Waals surface area (Å²) in [5.41, 5.74) is 0.772. The first kappa shape index (κ1) is 10.8. The molecule has 0 saturated carbocycles. The van der Waals surface area contributed by atoms with Gasteiger partial charge in [0.25, 0.3) is 0 Å². The SMILES string of the molecule is Clc1nc(-c2cccnc2)nc(Cl)c1Br. The summed E-state index contributed by atoms with van der Waals surface area (Å²) in [6, 6.07) is 3.63. The first-order chi connectivity index (χ1) is 7.18. The van der Waals surface area contributed by atoms with E-state index in [0.717, 1.165) is 5.56 Å². The van der Waals surface area contributed by atoms with E-state index in [1.165, 1.54) is 0 Å². The summed E-state index contributed by atoms with van der Waals surface area (Å²) >= 11 is 14.9. The van der Waals surface area contributed by atoms with Crippen LogP contribution in [0.1, 0.15) is 0 Å². The number of halogens is 3. The first-order valence-corrected chi connectivity index (χ1v) is 5.52. The third kappa shape index (κ3) is 2.27. The van der Waals surface area contributed by atoms with E-state index in [2.05, 4.69) is 30.9 Å². The van der Waals surface area contributed by atoms with Gasteiger partial charge in [0.2, 0.25) is 0 Å². The molecule has 0 aliphatic rings. The summed E-state index contributed by atoms with van der Waals surface area (Å²) in [5, 5.41) is 0.572. The van der Waals surface area contributed by atoms with Crippen LogP contribution in [0, 0.1) is 0 Å². The van der Waals surface area contributed by atoms with Gasteiger partial charge in [-0.1, -0.05) is 23.2 Å². The number of hydrogen-bond acceptors (Lipinski definition) is 3. The van der Waals surface area contributed by atoms with Crippen molar-refractivity contribution in [3.05, 3.63) is 39.3 Å². The molecule has 0 unspecified atom stereocenters. The first-order valence-electron chi connectivity index (χ1n) is 3.97. The highest BCUT2D eigenvalue weighted by molar-refractivity contribution is 9.10. The molecule has 15 heavy (non-hydrogen) atoms. The van der Waals surface area contributed by atoms with Crippen molar-refractivity contribution < 1.29 is 0 Å². The minimum absolute atomic E-state index is 0.286. The molecule has 0 radical (unpaired) electrons. The van der Waals surface area contributed by atoms with Gasteiger partial charge in [-0.15, -0.1) is 0 Å². The highest BCUT2D eigenvalue weighted by Gasteiger charge is 2.10. The number of pyridine rings is 1. The van der Waals surface area contributed by atoms with E-state index >= 15 is 0 Å². The molecule has 0 N–H and O–H groups in total. The van der Waals surface area contributed by atoms with Crippen LogP contribution in [0.5, 0.6) is 0 Å². The van der Waals surface area contributed by atoms with Crippen molar-refractivity contribution in [2.45, 2.75) is 0 Å². The van der Waals surface area contributed by atoms with Crippen LogP contribution in [0.25, 0.3) is 11.4 Å². The Hall–Kier alpha value is -0.710. The van der Waals surface area contributed by atoms with Gasteiger partial charge in [0.15, 0.2) is 5.82 Å². The Labute approximate surface area is 105 Å². The molecule has 2 heterocycles. The molecule has 6 heteroatoms. The van der Waals surface area contributed by atoms with Crippen LogP contribution in [0.3, 0.4) is 0 Å². The smallest absolute Gasteiger partial charge is 0.164 e. The Morgan fingerprint density at radius 1 is 1.13 bits per heavy atom. The van der Waals surface area contributed by atoms with Gasteiger partial charge in [-0.3, -0.25) is 4.98 Å². The second-order valence-electron chi connectivity index (χ2n) is 2.68. The summed E-state index contributed by atoms with van der Waals surface area (Å²) in [6.45, 7) is 0. The number of nitrogens with zero attached hydrogens (tertiary/aromatic N) is 3. The van der Waals surface area contributed by atoms with Crippen molar-refractivity contribution in [3.8, 4) is 11.4 Å². The lowest BCUT2D eigenvalue weighted by atomic mass is 10.3. The van der Waals surface area contributed by atoms with Gasteiger partial charge in [-0.05, 0) is 28.1 Å². The molecule has 0 amide bonds. The third-order valence-electron chi connectivity index (χ3n) is 1.69. The quantitative estimate of drug-likeness (QED) is 0.756. The summed E-state index contributed by atoms with van der Waals surface area (Å²) in [4.78, 5) is 12.1. The summed E-state index contributed by atoms with van der Waals surface area (Å²) < 4.78 is 0.499. The molecule has 2 aromatic rings. The fourth-order valence-electron chi connectivity index (χ4n) is 1.02. The molecular weight excluding hydrogens is 301 g/mol. The van der Waals surface area contributed by atoms with Gasteiger partial charge >= 0.3 is 0 Å². The molecule has 76 valence electrons. The predicted octanol–water partition coefficient (Wildman–Crippen LogP) is 3.61. The molecule has 2 rings (SSSR count). The van der Waals surface area contributed by atoms with Gasteiger partial charge < -0.3 is 0 Å². The Morgan fingerprint density at radius 3 is 2.33 bits per heavy atom. The second-order valence-corrected chi connectivity index (χ2v) is 4.19. The van der Waals surface area contributed by atoms with E-state index in [-0.39, 0.29) is 10.3 Å². The largest absolute Gasteiger partial charge is 0.264 e. The zero-order chi connectivity index (χ0) is 10.8. The van der Waals surface area contributed by atoms with E-state index in [4.69, 9.17) is 23.2 Å². The van der Waals surface area contributed by atoms with Gasteiger partial charge in [-0.2, -0.15) is 0 Å². The lowest BCUT2D eigenvalue weighted by Gasteiger charge is -2.02. The number of aromatic nitrogens is 3. The maximum Gasteiger partial charge on any atom is 0.164 e. The Balaban J connectivity index is 2.56. The van der Waals surface area contributed by atoms with Crippen LogP contribution in [-0.4, -0.2) is 15.0 Å². The van der Waals surface area contributed by atoms with Gasteiger partial charge in [-0.25, -0.2) is 9.97 Å². The monoisotopic (exact) mass is 303 g/mol. The lowest BCUT2D eigenvalue weighted by Crippen LogP contribution is -1.92. The average molecular weight is 305 g/mol. The molecule has 3 nitrogen and oxygen atoms in total. The van der Waals surface area contributed by atoms with E-state index in [9.17, 15) is 0 Å². The lowest BCUT2D eigenvalue weighted by molar-refractivity contribution is 1.15. The highest BCUT2D eigenvalue weighted by atomic mass is 79.9. The molecule has 0 aliphatic heterocycles. The van der Waals surface area contributed by atoms with Crippen LogP contribution in [0.15, 0.2) is 29.0 Å². The Bertz CT molecular complexity index is 467. The maximum absolute atomic E-state index is 5.87. The second kappa shape index (κ2) is 4.43. The van der Waals surface area contributed by atoms with Gasteiger partial charge in [0, 0.05) is 18.0 Å². The van der Waals surface area contributed by atoms with Gasteiger partial charge in [0.1, 0.15) is 10.3 Å². The maximum atomic E-state index is 5.87. The molecule has 2 aromatic heterocycles. The molecule has 0 aliphatic carbocycles. The van der Waals surface area contributed by atoms with Crippen molar-refractivity contribution in [1.82, 2.24) is 15.0 Å². The average Bonchev–Trinajstić information content (AvgIpc) is 2.26. The van der Waals surface area contributed by atoms with E-state index < -0.39 is 0 Å². The fourth-order valence-corrected chi connectivity index (χ4v) is 1.58. The molecular formula is C9H4BrCl2N3. The molecule has 0 aromatic carbocycles. The molecule has 0 fully saturated rings. The van der Waals surface area contributed by atoms with Crippen molar-refractivity contribution in [2.75, 3.05) is 0 Å². The minimum atomic E-state index is 0.286. The minimum Gasteiger partial charge on any atom is -0.264 e. The summed E-state index contributed by atoms with van der Waals surface area (Å²) in [7, 11) is 0. The molecule has 0 bridgehead atoms. The third-order valence-corrected chi connectivity index (χ3v) is 3.44. The van der Waals surface area contributed by atoms with Gasteiger partial charge in [0.05, 0.1) is 4.47 Å². The van der Waals surface area contributed by atoms with Crippen LogP contribution in [0.4, 0.5) is 0 Å². The van der Waals surface area contributed by atoms with Crippen molar-refractivity contribution in [2.24, 2.45) is 0 Å². The van der Waals surface area contributed by atoms with E-state index in [1.54, 1.807) is 18.5 Å². The molecule has 0 saturated heterocycles. The van der Waals surface area contributed by atoms with Crippen molar-refractivity contribution >= 4 is 39.1 Å². The molecule has 0 spiro atoms. The molecule has 0 atom stereocenters. The Morgan fingerprint density at radius 2 is 1.80 bits per heavy atom. The topological polar surface area (TPSA) is 38.7 Å². The Kier molecular flexibility index (Phi) is 3.19. The predicted molar refractivity (Wildman–Crippen MR) is 63.0 cm³/mol. The fraction of sp³-hybridized carbons (Fsp3) is 0. The summed E-state index contributed by atoms with van der Waals surface area (Å²) in [6.07, 6.45) is 3.32. The zero-order valence-corrected chi connectivity index (χ0v) is 10.4.